The minimum Gasteiger partial charge on any atom is -0.399 e. The first kappa shape index (κ1) is 20.0. The molecule has 0 atom stereocenters. The van der Waals surface area contributed by atoms with Gasteiger partial charge in [-0.15, -0.1) is 6.58 Å². The van der Waals surface area contributed by atoms with Crippen LogP contribution in [-0.2, 0) is 0 Å². The van der Waals surface area contributed by atoms with E-state index in [0.29, 0.717) is 0 Å². The molecular weight excluding hydrogens is 296 g/mol. The van der Waals surface area contributed by atoms with Crippen molar-refractivity contribution in [3.05, 3.63) is 48.7 Å². The Hall–Kier alpha value is -2.07. The molecule has 0 aromatic heterocycles. The zero-order chi connectivity index (χ0) is 18.2. The molecular formula is C20H32N4. The lowest BCUT2D eigenvalue weighted by atomic mass is 9.99. The summed E-state index contributed by atoms with van der Waals surface area (Å²) in [5, 5.41) is 3.20. The highest BCUT2D eigenvalue weighted by Gasteiger charge is 2.28. The standard InChI is InChI=1S/C18H26N4.C2H6/c1-5-18(2,3)22(10-9-20-4)17-12-15(13-21-17)14-7-6-8-16(19)11-14;1-2/h5-8,11,13,20H,1,9-10,12,19H2,2-4H3;1-2H3. The number of anilines is 1. The molecule has 4 heteroatoms. The maximum atomic E-state index is 5.88. The Morgan fingerprint density at radius 2 is 2.08 bits per heavy atom. The topological polar surface area (TPSA) is 53.6 Å². The van der Waals surface area contributed by atoms with E-state index in [9.17, 15) is 0 Å². The van der Waals surface area contributed by atoms with E-state index >= 15 is 0 Å². The van der Waals surface area contributed by atoms with Crippen LogP contribution in [0.15, 0.2) is 48.1 Å². The fourth-order valence-electron chi connectivity index (χ4n) is 2.58. The summed E-state index contributed by atoms with van der Waals surface area (Å²) in [5.74, 6) is 1.08. The number of benzene rings is 1. The second kappa shape index (κ2) is 9.28. The van der Waals surface area contributed by atoms with Gasteiger partial charge in [0, 0.05) is 31.4 Å². The van der Waals surface area contributed by atoms with Gasteiger partial charge in [-0.05, 0) is 44.2 Å². The summed E-state index contributed by atoms with van der Waals surface area (Å²) in [6, 6.07) is 7.97. The molecule has 1 aliphatic rings. The third-order valence-corrected chi connectivity index (χ3v) is 4.07. The second-order valence-electron chi connectivity index (χ2n) is 6.11. The first-order valence-corrected chi connectivity index (χ1v) is 8.65. The fourth-order valence-corrected chi connectivity index (χ4v) is 2.58. The maximum absolute atomic E-state index is 5.88. The molecule has 132 valence electrons. The summed E-state index contributed by atoms with van der Waals surface area (Å²) in [6.45, 7) is 14.1. The fraction of sp³-hybridized carbons (Fsp3) is 0.450. The largest absolute Gasteiger partial charge is 0.399 e. The Balaban J connectivity index is 0.00000139. The first-order chi connectivity index (χ1) is 11.5. The van der Waals surface area contributed by atoms with Gasteiger partial charge in [-0.2, -0.15) is 0 Å². The van der Waals surface area contributed by atoms with E-state index < -0.39 is 0 Å². The van der Waals surface area contributed by atoms with E-state index in [-0.39, 0.29) is 5.54 Å². The minimum absolute atomic E-state index is 0.130. The van der Waals surface area contributed by atoms with Gasteiger partial charge in [-0.25, -0.2) is 4.99 Å². The summed E-state index contributed by atoms with van der Waals surface area (Å²) in [7, 11) is 1.96. The molecule has 1 aliphatic heterocycles. The number of hydrogen-bond acceptors (Lipinski definition) is 4. The lowest BCUT2D eigenvalue weighted by Gasteiger charge is -2.38. The Bertz CT molecular complexity index is 599. The number of nitrogens with zero attached hydrogens (tertiary/aromatic N) is 2. The Morgan fingerprint density at radius 1 is 1.38 bits per heavy atom. The molecule has 24 heavy (non-hydrogen) atoms. The van der Waals surface area contributed by atoms with Crippen molar-refractivity contribution in [2.75, 3.05) is 25.9 Å². The van der Waals surface area contributed by atoms with Gasteiger partial charge in [0.1, 0.15) is 5.84 Å². The Morgan fingerprint density at radius 3 is 2.67 bits per heavy atom. The quantitative estimate of drug-likeness (QED) is 0.614. The van der Waals surface area contributed by atoms with Crippen LogP contribution in [0, 0.1) is 0 Å². The molecule has 4 nitrogen and oxygen atoms in total. The Labute approximate surface area is 147 Å². The van der Waals surface area contributed by atoms with Crippen molar-refractivity contribution < 1.29 is 0 Å². The average molecular weight is 329 g/mol. The van der Waals surface area contributed by atoms with Gasteiger partial charge in [0.25, 0.3) is 0 Å². The summed E-state index contributed by atoms with van der Waals surface area (Å²) in [5.41, 5.74) is 8.88. The highest BCUT2D eigenvalue weighted by molar-refractivity contribution is 5.97. The highest BCUT2D eigenvalue weighted by atomic mass is 15.2. The van der Waals surface area contributed by atoms with Crippen molar-refractivity contribution in [3.8, 4) is 0 Å². The van der Waals surface area contributed by atoms with Gasteiger partial charge in [0.05, 0.1) is 5.54 Å². The molecule has 0 spiro atoms. The van der Waals surface area contributed by atoms with Crippen LogP contribution in [0.2, 0.25) is 0 Å². The van der Waals surface area contributed by atoms with Gasteiger partial charge in [-0.1, -0.05) is 32.1 Å². The number of nitrogens with one attached hydrogen (secondary N) is 1. The zero-order valence-corrected chi connectivity index (χ0v) is 15.8. The summed E-state index contributed by atoms with van der Waals surface area (Å²) in [6.07, 6.45) is 4.75. The third kappa shape index (κ3) is 4.96. The van der Waals surface area contributed by atoms with Crippen molar-refractivity contribution in [3.63, 3.8) is 0 Å². The van der Waals surface area contributed by atoms with Gasteiger partial charge >= 0.3 is 0 Å². The van der Waals surface area contributed by atoms with Crippen LogP contribution >= 0.6 is 0 Å². The van der Waals surface area contributed by atoms with Crippen LogP contribution < -0.4 is 11.1 Å². The molecule has 0 saturated carbocycles. The number of aliphatic imine (C=N–C) groups is 1. The molecule has 0 radical (unpaired) electrons. The third-order valence-electron chi connectivity index (χ3n) is 4.07. The zero-order valence-electron chi connectivity index (χ0n) is 15.8. The predicted molar refractivity (Wildman–Crippen MR) is 107 cm³/mol. The molecule has 0 unspecified atom stereocenters. The lowest BCUT2D eigenvalue weighted by Crippen LogP contribution is -2.48. The van der Waals surface area contributed by atoms with Gasteiger partial charge in [0.2, 0.25) is 0 Å². The van der Waals surface area contributed by atoms with Crippen molar-refractivity contribution in [1.29, 1.82) is 0 Å². The lowest BCUT2D eigenvalue weighted by molar-refractivity contribution is 0.269. The molecule has 1 aromatic carbocycles. The normalized spacial score (nSPS) is 13.5. The highest BCUT2D eigenvalue weighted by Crippen LogP contribution is 2.29. The van der Waals surface area contributed by atoms with E-state index in [1.54, 1.807) is 0 Å². The number of nitrogens with two attached hydrogens (primary N) is 1. The molecule has 2 rings (SSSR count). The van der Waals surface area contributed by atoms with Crippen LogP contribution in [0.5, 0.6) is 0 Å². The SMILES string of the molecule is C=CC(C)(C)N(CCNC)C1=NC=C(c2cccc(N)c2)C1.CC. The minimum atomic E-state index is -0.130. The van der Waals surface area contributed by atoms with Crippen LogP contribution in [0.25, 0.3) is 5.57 Å². The van der Waals surface area contributed by atoms with Gasteiger partial charge < -0.3 is 16.0 Å². The smallest absolute Gasteiger partial charge is 0.109 e. The van der Waals surface area contributed by atoms with E-state index in [4.69, 9.17) is 5.73 Å². The second-order valence-corrected chi connectivity index (χ2v) is 6.11. The number of amidine groups is 1. The van der Waals surface area contributed by atoms with Crippen molar-refractivity contribution in [2.24, 2.45) is 4.99 Å². The van der Waals surface area contributed by atoms with E-state index in [0.717, 1.165) is 36.6 Å². The van der Waals surface area contributed by atoms with Crippen LogP contribution in [0.1, 0.15) is 39.7 Å². The van der Waals surface area contributed by atoms with Gasteiger partial charge in [0.15, 0.2) is 0 Å². The van der Waals surface area contributed by atoms with Gasteiger partial charge in [-0.3, -0.25) is 0 Å². The Kier molecular flexibility index (Phi) is 7.72. The van der Waals surface area contributed by atoms with Crippen LogP contribution in [0.4, 0.5) is 5.69 Å². The molecule has 0 fully saturated rings. The number of rotatable bonds is 6. The van der Waals surface area contributed by atoms with E-state index in [1.165, 1.54) is 5.57 Å². The first-order valence-electron chi connectivity index (χ1n) is 8.65. The average Bonchev–Trinajstić information content (AvgIpc) is 3.06. The summed E-state index contributed by atoms with van der Waals surface area (Å²) < 4.78 is 0. The van der Waals surface area contributed by atoms with Crippen molar-refractivity contribution in [1.82, 2.24) is 10.2 Å². The molecule has 0 amide bonds. The maximum Gasteiger partial charge on any atom is 0.109 e. The molecule has 0 bridgehead atoms. The molecule has 0 saturated heterocycles. The monoisotopic (exact) mass is 328 g/mol. The summed E-state index contributed by atoms with van der Waals surface area (Å²) >= 11 is 0. The van der Waals surface area contributed by atoms with E-state index in [1.807, 2.05) is 51.4 Å². The number of nitrogen functional groups attached to an aromatic ring is 1. The molecule has 3 N–H and O–H groups in total. The molecule has 1 aromatic rings. The van der Waals surface area contributed by atoms with Crippen molar-refractivity contribution in [2.45, 2.75) is 39.7 Å². The molecule has 0 aliphatic carbocycles. The van der Waals surface area contributed by atoms with E-state index in [2.05, 4.69) is 41.7 Å². The van der Waals surface area contributed by atoms with Crippen LogP contribution in [0.3, 0.4) is 0 Å². The van der Waals surface area contributed by atoms with Crippen molar-refractivity contribution >= 4 is 17.1 Å². The van der Waals surface area contributed by atoms with Crippen LogP contribution in [-0.4, -0.2) is 36.4 Å². The summed E-state index contributed by atoms with van der Waals surface area (Å²) in [4.78, 5) is 6.97. The number of likely N-dealkylation sites (N-methyl/N-ethyl adjacent to an activating group) is 1. The number of hydrogen-bond donors (Lipinski definition) is 2. The predicted octanol–water partition coefficient (Wildman–Crippen LogP) is 3.92. The molecule has 1 heterocycles.